The van der Waals surface area contributed by atoms with E-state index in [9.17, 15) is 10.0 Å². The van der Waals surface area contributed by atoms with Crippen molar-refractivity contribution in [3.05, 3.63) is 58.1 Å². The zero-order valence-electron chi connectivity index (χ0n) is 11.5. The molecule has 0 unspecified atom stereocenters. The summed E-state index contributed by atoms with van der Waals surface area (Å²) in [7, 11) is 0. The zero-order chi connectivity index (χ0) is 16.1. The van der Waals surface area contributed by atoms with Gasteiger partial charge in [0.15, 0.2) is 0 Å². The Morgan fingerprint density at radius 1 is 1.18 bits per heavy atom. The maximum Gasteiger partial charge on any atom is 0.338 e. The van der Waals surface area contributed by atoms with E-state index in [4.69, 9.17) is 33.7 Å². The Labute approximate surface area is 137 Å². The predicted octanol–water partition coefficient (Wildman–Crippen LogP) is 4.10. The van der Waals surface area contributed by atoms with Crippen molar-refractivity contribution < 1.29 is 14.7 Å². The number of carbonyl (C=O) groups excluding carboxylic acids is 1. The summed E-state index contributed by atoms with van der Waals surface area (Å²) in [5.74, 6) is 1.12. The molecule has 0 aliphatic rings. The van der Waals surface area contributed by atoms with E-state index < -0.39 is 6.03 Å². The van der Waals surface area contributed by atoms with Crippen LogP contribution in [0.2, 0.25) is 10.0 Å². The number of carbonyl (C=O) groups is 1. The quantitative estimate of drug-likeness (QED) is 0.635. The highest BCUT2D eigenvalue weighted by atomic mass is 35.5. The highest BCUT2D eigenvalue weighted by Crippen LogP contribution is 2.31. The molecule has 0 radical (unpaired) electrons. The van der Waals surface area contributed by atoms with E-state index in [1.165, 1.54) is 0 Å². The van der Waals surface area contributed by atoms with Gasteiger partial charge < -0.3 is 10.5 Å². The Hall–Kier alpha value is -1.95. The van der Waals surface area contributed by atoms with Crippen molar-refractivity contribution in [1.29, 1.82) is 0 Å². The molecule has 0 aliphatic carbocycles. The van der Waals surface area contributed by atoms with Gasteiger partial charge in [0.2, 0.25) is 0 Å². The average Bonchev–Trinajstić information content (AvgIpc) is 2.49. The zero-order valence-corrected chi connectivity index (χ0v) is 13.0. The summed E-state index contributed by atoms with van der Waals surface area (Å²) in [6, 6.07) is 11.3. The van der Waals surface area contributed by atoms with Gasteiger partial charge in [0, 0.05) is 5.02 Å². The third kappa shape index (κ3) is 4.53. The number of rotatable bonds is 5. The Morgan fingerprint density at radius 2 is 1.86 bits per heavy atom. The molecular formula is C15H14Cl2N2O3. The topological polar surface area (TPSA) is 75.8 Å². The fourth-order valence-electron chi connectivity index (χ4n) is 1.75. The second-order valence-electron chi connectivity index (χ2n) is 4.53. The molecule has 0 bridgehead atoms. The number of hydroxylamine groups is 2. The minimum atomic E-state index is -0.877. The molecule has 2 rings (SSSR count). The number of hydrogen-bond donors (Lipinski definition) is 2. The van der Waals surface area contributed by atoms with Crippen LogP contribution in [-0.4, -0.2) is 22.8 Å². The van der Waals surface area contributed by atoms with Gasteiger partial charge in [0.1, 0.15) is 11.5 Å². The summed E-state index contributed by atoms with van der Waals surface area (Å²) in [6.07, 6.45) is 0.474. The van der Waals surface area contributed by atoms with Crippen LogP contribution in [0.25, 0.3) is 0 Å². The van der Waals surface area contributed by atoms with Crippen molar-refractivity contribution in [2.45, 2.75) is 6.42 Å². The van der Waals surface area contributed by atoms with Gasteiger partial charge in [0.05, 0.1) is 11.6 Å². The molecule has 2 amide bonds. The first-order valence-electron chi connectivity index (χ1n) is 6.43. The second kappa shape index (κ2) is 7.35. The van der Waals surface area contributed by atoms with E-state index in [0.29, 0.717) is 33.0 Å². The SMILES string of the molecule is NC(=O)N(O)CCc1ccc(Oc2ccc(Cl)cc2Cl)cc1. The van der Waals surface area contributed by atoms with E-state index >= 15 is 0 Å². The van der Waals surface area contributed by atoms with E-state index in [2.05, 4.69) is 0 Å². The lowest BCUT2D eigenvalue weighted by Gasteiger charge is -2.12. The first-order valence-corrected chi connectivity index (χ1v) is 7.19. The number of ether oxygens (including phenoxy) is 1. The predicted molar refractivity (Wildman–Crippen MR) is 84.8 cm³/mol. The Kier molecular flexibility index (Phi) is 5.49. The first kappa shape index (κ1) is 16.4. The molecule has 0 saturated heterocycles. The molecule has 22 heavy (non-hydrogen) atoms. The standard InChI is InChI=1S/C15H14Cl2N2O3/c16-11-3-6-14(13(17)9-11)22-12-4-1-10(2-5-12)7-8-19(21)15(18)20/h1-6,9,21H,7-8H2,(H2,18,20). The van der Waals surface area contributed by atoms with Crippen LogP contribution in [0.4, 0.5) is 4.79 Å². The Bertz CT molecular complexity index is 662. The molecule has 0 atom stereocenters. The molecular weight excluding hydrogens is 327 g/mol. The minimum absolute atomic E-state index is 0.124. The number of halogens is 2. The van der Waals surface area contributed by atoms with E-state index in [-0.39, 0.29) is 6.54 Å². The van der Waals surface area contributed by atoms with Crippen molar-refractivity contribution >= 4 is 29.2 Å². The molecule has 2 aromatic rings. The molecule has 0 spiro atoms. The summed E-state index contributed by atoms with van der Waals surface area (Å²) >= 11 is 11.9. The molecule has 0 heterocycles. The molecule has 0 saturated carbocycles. The minimum Gasteiger partial charge on any atom is -0.456 e. The van der Waals surface area contributed by atoms with Crippen molar-refractivity contribution in [1.82, 2.24) is 5.06 Å². The summed E-state index contributed by atoms with van der Waals surface area (Å²) in [5, 5.41) is 10.6. The number of nitrogens with two attached hydrogens (primary N) is 1. The van der Waals surface area contributed by atoms with Crippen LogP contribution in [0.15, 0.2) is 42.5 Å². The molecule has 0 aliphatic heterocycles. The van der Waals surface area contributed by atoms with Crippen LogP contribution in [0.1, 0.15) is 5.56 Å². The molecule has 7 heteroatoms. The number of urea groups is 1. The maximum absolute atomic E-state index is 10.7. The molecule has 5 nitrogen and oxygen atoms in total. The fourth-order valence-corrected chi connectivity index (χ4v) is 2.20. The van der Waals surface area contributed by atoms with Gasteiger partial charge >= 0.3 is 6.03 Å². The summed E-state index contributed by atoms with van der Waals surface area (Å²) < 4.78 is 5.66. The van der Waals surface area contributed by atoms with Crippen LogP contribution in [0, 0.1) is 0 Å². The molecule has 116 valence electrons. The third-order valence-electron chi connectivity index (χ3n) is 2.91. The number of hydrogen-bond acceptors (Lipinski definition) is 3. The lowest BCUT2D eigenvalue weighted by atomic mass is 10.1. The first-order chi connectivity index (χ1) is 10.5. The molecule has 2 aromatic carbocycles. The van der Waals surface area contributed by atoms with E-state index in [1.54, 1.807) is 30.3 Å². The van der Waals surface area contributed by atoms with Crippen molar-refractivity contribution in [2.75, 3.05) is 6.54 Å². The average molecular weight is 341 g/mol. The van der Waals surface area contributed by atoms with Gasteiger partial charge in [-0.25, -0.2) is 9.86 Å². The maximum atomic E-state index is 10.7. The third-order valence-corrected chi connectivity index (χ3v) is 3.44. The molecule has 0 aromatic heterocycles. The van der Waals surface area contributed by atoms with Gasteiger partial charge in [-0.05, 0) is 42.3 Å². The molecule has 3 N–H and O–H groups in total. The highest BCUT2D eigenvalue weighted by molar-refractivity contribution is 6.35. The molecule has 0 fully saturated rings. The normalized spacial score (nSPS) is 10.3. The number of primary amides is 1. The fraction of sp³-hybridized carbons (Fsp3) is 0.133. The van der Waals surface area contributed by atoms with Gasteiger partial charge in [-0.1, -0.05) is 35.3 Å². The number of amides is 2. The smallest absolute Gasteiger partial charge is 0.338 e. The van der Waals surface area contributed by atoms with Gasteiger partial charge in [-0.2, -0.15) is 0 Å². The Morgan fingerprint density at radius 3 is 2.45 bits per heavy atom. The van der Waals surface area contributed by atoms with Crippen LogP contribution in [-0.2, 0) is 6.42 Å². The van der Waals surface area contributed by atoms with Crippen LogP contribution in [0.3, 0.4) is 0 Å². The van der Waals surface area contributed by atoms with Gasteiger partial charge in [0.25, 0.3) is 0 Å². The number of benzene rings is 2. The second-order valence-corrected chi connectivity index (χ2v) is 5.38. The highest BCUT2D eigenvalue weighted by Gasteiger charge is 2.07. The lowest BCUT2D eigenvalue weighted by molar-refractivity contribution is -0.0382. The lowest BCUT2D eigenvalue weighted by Crippen LogP contribution is -2.34. The summed E-state index contributed by atoms with van der Waals surface area (Å²) in [5.41, 5.74) is 5.86. The summed E-state index contributed by atoms with van der Waals surface area (Å²) in [4.78, 5) is 10.7. The van der Waals surface area contributed by atoms with Crippen molar-refractivity contribution in [3.8, 4) is 11.5 Å². The van der Waals surface area contributed by atoms with Gasteiger partial charge in [-0.15, -0.1) is 0 Å². The monoisotopic (exact) mass is 340 g/mol. The van der Waals surface area contributed by atoms with Crippen LogP contribution < -0.4 is 10.5 Å². The van der Waals surface area contributed by atoms with Crippen LogP contribution >= 0.6 is 23.2 Å². The summed E-state index contributed by atoms with van der Waals surface area (Å²) in [6.45, 7) is 0.124. The largest absolute Gasteiger partial charge is 0.456 e. The number of nitrogens with zero attached hydrogens (tertiary/aromatic N) is 1. The van der Waals surface area contributed by atoms with E-state index in [1.807, 2.05) is 12.1 Å². The van der Waals surface area contributed by atoms with E-state index in [0.717, 1.165) is 5.56 Å². The van der Waals surface area contributed by atoms with Crippen molar-refractivity contribution in [2.24, 2.45) is 5.73 Å². The van der Waals surface area contributed by atoms with Crippen LogP contribution in [0.5, 0.6) is 11.5 Å². The van der Waals surface area contributed by atoms with Crippen molar-refractivity contribution in [3.63, 3.8) is 0 Å². The van der Waals surface area contributed by atoms with Gasteiger partial charge in [-0.3, -0.25) is 5.21 Å². The Balaban J connectivity index is 1.98.